The number of aryl methyl sites for hydroxylation is 1. The predicted molar refractivity (Wildman–Crippen MR) is 134 cm³/mol. The molecular weight excluding hydrogens is 492 g/mol. The molecule has 0 aliphatic carbocycles. The molecule has 3 aromatic rings. The SMILES string of the molecule is CCOCCCn1c(SCc2c(F)cccc2F)nc2cc(S(=O)(=O)N3CCC[C@H](C)C3)ccc21. The number of hydrogen-bond acceptors (Lipinski definition) is 5. The number of hydrogen-bond donors (Lipinski definition) is 0. The third-order valence-corrected chi connectivity index (χ3v) is 9.09. The first-order chi connectivity index (χ1) is 16.8. The normalized spacial score (nSPS) is 17.3. The molecule has 35 heavy (non-hydrogen) atoms. The molecule has 6 nitrogen and oxygen atoms in total. The number of benzene rings is 2. The molecule has 0 unspecified atom stereocenters. The van der Waals surface area contributed by atoms with Gasteiger partial charge < -0.3 is 9.30 Å². The lowest BCUT2D eigenvalue weighted by Gasteiger charge is -2.30. The van der Waals surface area contributed by atoms with Gasteiger partial charge in [-0.15, -0.1) is 0 Å². The second-order valence-electron chi connectivity index (χ2n) is 8.85. The van der Waals surface area contributed by atoms with Gasteiger partial charge in [-0.25, -0.2) is 22.2 Å². The first-order valence-electron chi connectivity index (χ1n) is 11.9. The van der Waals surface area contributed by atoms with E-state index in [9.17, 15) is 17.2 Å². The van der Waals surface area contributed by atoms with E-state index in [1.54, 1.807) is 22.5 Å². The highest BCUT2D eigenvalue weighted by Gasteiger charge is 2.29. The molecule has 0 amide bonds. The van der Waals surface area contributed by atoms with Gasteiger partial charge >= 0.3 is 0 Å². The van der Waals surface area contributed by atoms with E-state index in [0.29, 0.717) is 49.4 Å². The number of halogens is 2. The van der Waals surface area contributed by atoms with Crippen molar-refractivity contribution in [2.45, 2.75) is 55.5 Å². The molecule has 4 rings (SSSR count). The first kappa shape index (κ1) is 26.1. The van der Waals surface area contributed by atoms with Crippen molar-refractivity contribution in [3.05, 3.63) is 53.6 Å². The zero-order chi connectivity index (χ0) is 25.0. The Labute approximate surface area is 209 Å². The highest BCUT2D eigenvalue weighted by atomic mass is 32.2. The van der Waals surface area contributed by atoms with E-state index in [0.717, 1.165) is 24.8 Å². The van der Waals surface area contributed by atoms with Gasteiger partial charge in [0.2, 0.25) is 10.0 Å². The van der Waals surface area contributed by atoms with Gasteiger partial charge in [0.25, 0.3) is 0 Å². The summed E-state index contributed by atoms with van der Waals surface area (Å²) in [4.78, 5) is 4.89. The van der Waals surface area contributed by atoms with Crippen LogP contribution in [-0.2, 0) is 27.1 Å². The van der Waals surface area contributed by atoms with Crippen LogP contribution in [0.1, 0.15) is 38.7 Å². The number of aromatic nitrogens is 2. The van der Waals surface area contributed by atoms with E-state index in [4.69, 9.17) is 4.74 Å². The molecule has 0 saturated carbocycles. The van der Waals surface area contributed by atoms with Crippen molar-refractivity contribution in [3.63, 3.8) is 0 Å². The summed E-state index contributed by atoms with van der Waals surface area (Å²) in [6.07, 6.45) is 2.61. The minimum absolute atomic E-state index is 0.00657. The van der Waals surface area contributed by atoms with Gasteiger partial charge in [-0.2, -0.15) is 4.31 Å². The lowest BCUT2D eigenvalue weighted by Crippen LogP contribution is -2.39. The molecule has 1 aliphatic heterocycles. The number of imidazole rings is 1. The molecule has 1 saturated heterocycles. The fourth-order valence-electron chi connectivity index (χ4n) is 4.36. The van der Waals surface area contributed by atoms with Crippen LogP contribution >= 0.6 is 11.8 Å². The monoisotopic (exact) mass is 523 g/mol. The Hall–Kier alpha value is -2.01. The van der Waals surface area contributed by atoms with Crippen LogP contribution in [0.25, 0.3) is 11.0 Å². The average molecular weight is 524 g/mol. The lowest BCUT2D eigenvalue weighted by molar-refractivity contribution is 0.141. The van der Waals surface area contributed by atoms with Crippen LogP contribution in [-0.4, -0.2) is 48.6 Å². The smallest absolute Gasteiger partial charge is 0.243 e. The number of nitrogens with zero attached hydrogens (tertiary/aromatic N) is 3. The van der Waals surface area contributed by atoms with E-state index in [-0.39, 0.29) is 16.2 Å². The molecule has 1 atom stereocenters. The van der Waals surface area contributed by atoms with Crippen molar-refractivity contribution in [2.75, 3.05) is 26.3 Å². The van der Waals surface area contributed by atoms with Crippen molar-refractivity contribution in [2.24, 2.45) is 5.92 Å². The van der Waals surface area contributed by atoms with Crippen LogP contribution in [0, 0.1) is 17.6 Å². The Morgan fingerprint density at radius 1 is 1.20 bits per heavy atom. The Morgan fingerprint density at radius 2 is 1.97 bits per heavy atom. The maximum Gasteiger partial charge on any atom is 0.243 e. The van der Waals surface area contributed by atoms with E-state index in [2.05, 4.69) is 11.9 Å². The van der Waals surface area contributed by atoms with E-state index < -0.39 is 21.7 Å². The third kappa shape index (κ3) is 5.87. The first-order valence-corrected chi connectivity index (χ1v) is 14.4. The van der Waals surface area contributed by atoms with Gasteiger partial charge in [0, 0.05) is 44.2 Å². The topological polar surface area (TPSA) is 64.4 Å². The van der Waals surface area contributed by atoms with Crippen LogP contribution in [0.15, 0.2) is 46.5 Å². The Bertz CT molecular complexity index is 1260. The molecule has 1 fully saturated rings. The highest BCUT2D eigenvalue weighted by molar-refractivity contribution is 7.98. The highest BCUT2D eigenvalue weighted by Crippen LogP contribution is 2.31. The Balaban J connectivity index is 1.65. The summed E-state index contributed by atoms with van der Waals surface area (Å²) < 4.78 is 63.9. The van der Waals surface area contributed by atoms with E-state index >= 15 is 0 Å². The number of thioether (sulfide) groups is 1. The van der Waals surface area contributed by atoms with Crippen molar-refractivity contribution >= 4 is 32.8 Å². The molecular formula is C25H31F2N3O3S2. The molecule has 0 bridgehead atoms. The van der Waals surface area contributed by atoms with Gasteiger partial charge in [-0.1, -0.05) is 24.8 Å². The fraction of sp³-hybridized carbons (Fsp3) is 0.480. The molecule has 10 heteroatoms. The summed E-state index contributed by atoms with van der Waals surface area (Å²) in [6.45, 7) is 6.82. The number of sulfonamides is 1. The van der Waals surface area contributed by atoms with Crippen LogP contribution in [0.3, 0.4) is 0 Å². The van der Waals surface area contributed by atoms with Gasteiger partial charge in [0.1, 0.15) is 11.6 Å². The fourth-order valence-corrected chi connectivity index (χ4v) is 7.04. The summed E-state index contributed by atoms with van der Waals surface area (Å²) in [7, 11) is -3.62. The summed E-state index contributed by atoms with van der Waals surface area (Å²) in [5, 5.41) is 0.584. The summed E-state index contributed by atoms with van der Waals surface area (Å²) in [5.41, 5.74) is 1.32. The Kier molecular flexibility index (Phi) is 8.46. The summed E-state index contributed by atoms with van der Waals surface area (Å²) in [5.74, 6) is -0.792. The number of fused-ring (bicyclic) bond motifs is 1. The van der Waals surface area contributed by atoms with Crippen molar-refractivity contribution in [3.8, 4) is 0 Å². The molecule has 1 aromatic heterocycles. The molecule has 1 aliphatic rings. The lowest BCUT2D eigenvalue weighted by atomic mass is 10.0. The average Bonchev–Trinajstić information content (AvgIpc) is 3.18. The van der Waals surface area contributed by atoms with E-state index in [1.807, 2.05) is 11.5 Å². The van der Waals surface area contributed by atoms with Gasteiger partial charge in [-0.3, -0.25) is 0 Å². The summed E-state index contributed by atoms with van der Waals surface area (Å²) in [6, 6.07) is 8.83. The van der Waals surface area contributed by atoms with Gasteiger partial charge in [-0.05, 0) is 62.4 Å². The Morgan fingerprint density at radius 3 is 2.69 bits per heavy atom. The zero-order valence-electron chi connectivity index (χ0n) is 20.0. The van der Waals surface area contributed by atoms with Crippen LogP contribution < -0.4 is 0 Å². The largest absolute Gasteiger partial charge is 0.382 e. The second-order valence-corrected chi connectivity index (χ2v) is 11.7. The number of ether oxygens (including phenoxy) is 1. The molecule has 2 heterocycles. The maximum atomic E-state index is 14.2. The van der Waals surface area contributed by atoms with Crippen molar-refractivity contribution < 1.29 is 21.9 Å². The quantitative estimate of drug-likeness (QED) is 0.261. The zero-order valence-corrected chi connectivity index (χ0v) is 21.7. The number of piperidine rings is 1. The minimum Gasteiger partial charge on any atom is -0.382 e. The number of rotatable bonds is 10. The van der Waals surface area contributed by atoms with Crippen LogP contribution in [0.2, 0.25) is 0 Å². The van der Waals surface area contributed by atoms with Crippen molar-refractivity contribution in [1.82, 2.24) is 13.9 Å². The third-order valence-electron chi connectivity index (χ3n) is 6.22. The predicted octanol–water partition coefficient (Wildman–Crippen LogP) is 5.45. The molecule has 190 valence electrons. The van der Waals surface area contributed by atoms with Crippen LogP contribution in [0.4, 0.5) is 8.78 Å². The second kappa shape index (κ2) is 11.4. The molecule has 2 aromatic carbocycles. The van der Waals surface area contributed by atoms with Crippen molar-refractivity contribution in [1.29, 1.82) is 0 Å². The standard InChI is InChI=1S/C25H31F2N3O3S2/c1-3-33-14-6-13-30-24-11-10-19(35(31,32)29-12-5-7-18(2)16-29)15-23(24)28-25(30)34-17-20-21(26)8-4-9-22(20)27/h4,8-11,15,18H,3,5-7,12-14,16-17H2,1-2H3/t18-/m0/s1. The van der Waals surface area contributed by atoms with Gasteiger partial charge in [0.05, 0.1) is 15.9 Å². The molecule has 0 spiro atoms. The minimum atomic E-state index is -3.62. The van der Waals surface area contributed by atoms with Crippen LogP contribution in [0.5, 0.6) is 0 Å². The van der Waals surface area contributed by atoms with E-state index in [1.165, 1.54) is 30.0 Å². The molecule has 0 radical (unpaired) electrons. The maximum absolute atomic E-state index is 14.2. The molecule has 0 N–H and O–H groups in total. The summed E-state index contributed by atoms with van der Waals surface area (Å²) >= 11 is 1.23. The van der Waals surface area contributed by atoms with Gasteiger partial charge in [0.15, 0.2) is 5.16 Å².